The van der Waals surface area contributed by atoms with Gasteiger partial charge in [0.05, 0.1) is 11.4 Å². The maximum atomic E-state index is 6.05. The fraction of sp³-hybridized carbons (Fsp3) is 0.143. The summed E-state index contributed by atoms with van der Waals surface area (Å²) in [5.41, 5.74) is 3.53. The molecule has 17 heavy (non-hydrogen) atoms. The Labute approximate surface area is 106 Å². The first-order valence-electron chi connectivity index (χ1n) is 5.70. The molecule has 0 fully saturated rings. The van der Waals surface area contributed by atoms with E-state index in [1.54, 1.807) is 0 Å². The molecule has 1 aliphatic rings. The average Bonchev–Trinajstić information content (AvgIpc) is 2.38. The number of halogens is 1. The number of nitrogens with zero attached hydrogens (tertiary/aromatic N) is 1. The molecule has 86 valence electrons. The number of nitrogens with one attached hydrogen (secondary N) is 1. The van der Waals surface area contributed by atoms with Crippen molar-refractivity contribution < 1.29 is 0 Å². The molecule has 2 aromatic carbocycles. The van der Waals surface area contributed by atoms with Gasteiger partial charge in [-0.05, 0) is 30.3 Å². The van der Waals surface area contributed by atoms with Crippen LogP contribution in [0.1, 0.15) is 0 Å². The number of hydrogen-bond acceptors (Lipinski definition) is 2. The van der Waals surface area contributed by atoms with Gasteiger partial charge in [-0.15, -0.1) is 0 Å². The minimum Gasteiger partial charge on any atom is -0.382 e. The van der Waals surface area contributed by atoms with Crippen LogP contribution < -0.4 is 10.2 Å². The van der Waals surface area contributed by atoms with Crippen LogP contribution in [0.3, 0.4) is 0 Å². The first kappa shape index (κ1) is 10.5. The monoisotopic (exact) mass is 244 g/mol. The molecule has 1 aliphatic heterocycles. The molecule has 3 heteroatoms. The van der Waals surface area contributed by atoms with E-state index in [9.17, 15) is 0 Å². The highest BCUT2D eigenvalue weighted by molar-refractivity contribution is 6.30. The summed E-state index contributed by atoms with van der Waals surface area (Å²) in [4.78, 5) is 2.29. The van der Waals surface area contributed by atoms with Gasteiger partial charge < -0.3 is 10.2 Å². The SMILES string of the molecule is Clc1cccc(N2CCNc3ccccc32)c1. The summed E-state index contributed by atoms with van der Waals surface area (Å²) in [7, 11) is 0. The van der Waals surface area contributed by atoms with Crippen molar-refractivity contribution in [1.82, 2.24) is 0 Å². The standard InChI is InChI=1S/C14H13ClN2/c15-11-4-3-5-12(10-11)17-9-8-16-13-6-1-2-7-14(13)17/h1-7,10,16H,8-9H2. The van der Waals surface area contributed by atoms with Gasteiger partial charge in [0.2, 0.25) is 0 Å². The van der Waals surface area contributed by atoms with Gasteiger partial charge in [-0.25, -0.2) is 0 Å². The molecular weight excluding hydrogens is 232 g/mol. The number of rotatable bonds is 1. The van der Waals surface area contributed by atoms with Crippen molar-refractivity contribution in [2.24, 2.45) is 0 Å². The third-order valence-electron chi connectivity index (χ3n) is 2.97. The summed E-state index contributed by atoms with van der Waals surface area (Å²) in [6.45, 7) is 1.90. The summed E-state index contributed by atoms with van der Waals surface area (Å²) >= 11 is 6.05. The van der Waals surface area contributed by atoms with Gasteiger partial charge in [0.1, 0.15) is 0 Å². The predicted octanol–water partition coefficient (Wildman–Crippen LogP) is 3.90. The van der Waals surface area contributed by atoms with E-state index in [2.05, 4.69) is 34.5 Å². The summed E-state index contributed by atoms with van der Waals surface area (Å²) in [5.74, 6) is 0. The summed E-state index contributed by atoms with van der Waals surface area (Å²) in [6.07, 6.45) is 0. The Morgan fingerprint density at radius 3 is 2.82 bits per heavy atom. The molecule has 0 spiro atoms. The molecule has 0 radical (unpaired) electrons. The zero-order chi connectivity index (χ0) is 11.7. The van der Waals surface area contributed by atoms with Crippen LogP contribution in [0.15, 0.2) is 48.5 Å². The zero-order valence-electron chi connectivity index (χ0n) is 9.36. The van der Waals surface area contributed by atoms with Crippen LogP contribution in [0, 0.1) is 0 Å². The fourth-order valence-corrected chi connectivity index (χ4v) is 2.38. The maximum Gasteiger partial charge on any atom is 0.0647 e. The van der Waals surface area contributed by atoms with Gasteiger partial charge in [-0.3, -0.25) is 0 Å². The number of para-hydroxylation sites is 2. The minimum atomic E-state index is 0.776. The van der Waals surface area contributed by atoms with E-state index in [0.717, 1.165) is 23.8 Å². The van der Waals surface area contributed by atoms with Gasteiger partial charge in [0.25, 0.3) is 0 Å². The summed E-state index contributed by atoms with van der Waals surface area (Å²) in [6, 6.07) is 16.3. The zero-order valence-corrected chi connectivity index (χ0v) is 10.1. The molecule has 0 bridgehead atoms. The van der Waals surface area contributed by atoms with E-state index in [-0.39, 0.29) is 0 Å². The molecule has 0 atom stereocenters. The van der Waals surface area contributed by atoms with Crippen LogP contribution in [0.5, 0.6) is 0 Å². The highest BCUT2D eigenvalue weighted by atomic mass is 35.5. The van der Waals surface area contributed by atoms with E-state index in [4.69, 9.17) is 11.6 Å². The second kappa shape index (κ2) is 4.30. The molecule has 0 unspecified atom stereocenters. The van der Waals surface area contributed by atoms with Crippen molar-refractivity contribution in [3.63, 3.8) is 0 Å². The molecule has 0 aromatic heterocycles. The van der Waals surface area contributed by atoms with Crippen molar-refractivity contribution in [2.45, 2.75) is 0 Å². The Morgan fingerprint density at radius 2 is 1.94 bits per heavy atom. The molecule has 1 heterocycles. The van der Waals surface area contributed by atoms with Crippen molar-refractivity contribution in [2.75, 3.05) is 23.3 Å². The Kier molecular flexibility index (Phi) is 2.65. The molecule has 0 saturated heterocycles. The van der Waals surface area contributed by atoms with Crippen LogP contribution in [-0.4, -0.2) is 13.1 Å². The first-order chi connectivity index (χ1) is 8.34. The Morgan fingerprint density at radius 1 is 1.06 bits per heavy atom. The van der Waals surface area contributed by atoms with Crippen LogP contribution in [0.25, 0.3) is 0 Å². The molecule has 0 aliphatic carbocycles. The maximum absolute atomic E-state index is 6.05. The lowest BCUT2D eigenvalue weighted by Crippen LogP contribution is -2.29. The normalized spacial score (nSPS) is 14.1. The first-order valence-corrected chi connectivity index (χ1v) is 6.08. The van der Waals surface area contributed by atoms with E-state index in [0.29, 0.717) is 0 Å². The number of hydrogen-bond donors (Lipinski definition) is 1. The molecule has 1 N–H and O–H groups in total. The van der Waals surface area contributed by atoms with Crippen LogP contribution >= 0.6 is 11.6 Å². The number of benzene rings is 2. The lowest BCUT2D eigenvalue weighted by molar-refractivity contribution is 0.927. The fourth-order valence-electron chi connectivity index (χ4n) is 2.19. The summed E-state index contributed by atoms with van der Waals surface area (Å²) < 4.78 is 0. The Hall–Kier alpha value is -1.67. The van der Waals surface area contributed by atoms with Gasteiger partial charge in [-0.1, -0.05) is 29.8 Å². The lowest BCUT2D eigenvalue weighted by atomic mass is 10.1. The predicted molar refractivity (Wildman–Crippen MR) is 73.4 cm³/mol. The van der Waals surface area contributed by atoms with Crippen molar-refractivity contribution in [1.29, 1.82) is 0 Å². The quantitative estimate of drug-likeness (QED) is 0.818. The highest BCUT2D eigenvalue weighted by Crippen LogP contribution is 2.34. The Balaban J connectivity index is 2.06. The number of anilines is 3. The van der Waals surface area contributed by atoms with Gasteiger partial charge >= 0.3 is 0 Å². The molecule has 0 amide bonds. The summed E-state index contributed by atoms with van der Waals surface area (Å²) in [5, 5.41) is 4.18. The van der Waals surface area contributed by atoms with E-state index >= 15 is 0 Å². The third kappa shape index (κ3) is 1.96. The van der Waals surface area contributed by atoms with E-state index in [1.165, 1.54) is 11.4 Å². The largest absolute Gasteiger partial charge is 0.382 e. The topological polar surface area (TPSA) is 15.3 Å². The highest BCUT2D eigenvalue weighted by Gasteiger charge is 2.17. The molecule has 2 nitrogen and oxygen atoms in total. The molecule has 0 saturated carbocycles. The minimum absolute atomic E-state index is 0.776. The van der Waals surface area contributed by atoms with Crippen LogP contribution in [-0.2, 0) is 0 Å². The average molecular weight is 245 g/mol. The second-order valence-electron chi connectivity index (χ2n) is 4.08. The van der Waals surface area contributed by atoms with Gasteiger partial charge in [-0.2, -0.15) is 0 Å². The van der Waals surface area contributed by atoms with E-state index in [1.807, 2.05) is 24.3 Å². The molecular formula is C14H13ClN2. The van der Waals surface area contributed by atoms with E-state index < -0.39 is 0 Å². The van der Waals surface area contributed by atoms with Gasteiger partial charge in [0.15, 0.2) is 0 Å². The van der Waals surface area contributed by atoms with Crippen LogP contribution in [0.2, 0.25) is 5.02 Å². The van der Waals surface area contributed by atoms with Crippen molar-refractivity contribution in [3.8, 4) is 0 Å². The second-order valence-corrected chi connectivity index (χ2v) is 4.51. The van der Waals surface area contributed by atoms with Crippen molar-refractivity contribution >= 4 is 28.7 Å². The molecule has 3 rings (SSSR count). The van der Waals surface area contributed by atoms with Crippen LogP contribution in [0.4, 0.5) is 17.1 Å². The lowest BCUT2D eigenvalue weighted by Gasteiger charge is -2.32. The molecule has 2 aromatic rings. The Bertz CT molecular complexity index is 539. The van der Waals surface area contributed by atoms with Crippen molar-refractivity contribution in [3.05, 3.63) is 53.6 Å². The van der Waals surface area contributed by atoms with Gasteiger partial charge in [0, 0.05) is 23.8 Å². The smallest absolute Gasteiger partial charge is 0.0647 e. The third-order valence-corrected chi connectivity index (χ3v) is 3.20. The number of fused-ring (bicyclic) bond motifs is 1.